The standard InChI is InChI=1S/C64H62N10O11S3/c1-62(2,3)84-59(79)63(4,5)85-70-51(49-39-86-60(65-49)67-64(45-26-16-9-17-27-45,46-28-18-10-19-29-46)47-30-20-11-21-31-47)55(76)66-52-56(77)74-53(58(78)83-54(42-22-12-7-13-23-42)43-24-14-8-15-25-43)44(40-88(80)57(52)74)38-87-61-68-71-72-73(61)36-50(75)69-82-37-41-32-34-48(81-6)35-33-41/h7-35,39,52,54,57H,36-38,40H2,1-6H3,(H,65,67)(H,66,76)(H,69,75)/t52-,57+,88?/m1/s1. The zero-order valence-electron chi connectivity index (χ0n) is 48.7. The van der Waals surface area contributed by atoms with E-state index in [-0.39, 0.29) is 46.8 Å². The van der Waals surface area contributed by atoms with Crippen molar-refractivity contribution in [3.05, 3.63) is 232 Å². The fourth-order valence-corrected chi connectivity index (χ4v) is 13.2. The van der Waals surface area contributed by atoms with E-state index in [0.717, 1.165) is 38.9 Å². The number of hydroxylamine groups is 1. The monoisotopic (exact) mass is 1240 g/mol. The summed E-state index contributed by atoms with van der Waals surface area (Å²) in [6.45, 7) is 7.68. The molecule has 0 aliphatic carbocycles. The predicted molar refractivity (Wildman–Crippen MR) is 330 cm³/mol. The van der Waals surface area contributed by atoms with Crippen molar-refractivity contribution in [2.24, 2.45) is 5.16 Å². The molecule has 1 saturated heterocycles. The number of esters is 2. The van der Waals surface area contributed by atoms with Crippen LogP contribution >= 0.6 is 23.1 Å². The number of carbonyl (C=O) groups is 5. The molecule has 3 amide bonds. The number of rotatable bonds is 24. The Kier molecular flexibility index (Phi) is 19.1. The molecule has 3 atom stereocenters. The van der Waals surface area contributed by atoms with Gasteiger partial charge in [0.2, 0.25) is 16.1 Å². The summed E-state index contributed by atoms with van der Waals surface area (Å²) in [5.41, 5.74) is 3.02. The fraction of sp³-hybridized carbons (Fsp3) is 0.250. The van der Waals surface area contributed by atoms with Crippen LogP contribution in [0.2, 0.25) is 0 Å². The second kappa shape index (κ2) is 27.2. The van der Waals surface area contributed by atoms with Gasteiger partial charge in [-0.25, -0.2) is 24.7 Å². The van der Waals surface area contributed by atoms with Crippen LogP contribution in [-0.2, 0) is 73.0 Å². The number of β-lactam (4-membered cyclic amide) rings is 1. The lowest BCUT2D eigenvalue weighted by Gasteiger charge is -2.49. The Morgan fingerprint density at radius 3 is 1.92 bits per heavy atom. The average molecular weight is 1240 g/mol. The number of aromatic nitrogens is 5. The average Bonchev–Trinajstić information content (AvgIpc) is 0.835. The first-order valence-corrected chi connectivity index (χ1v) is 31.0. The topological polar surface area (TPSA) is 263 Å². The van der Waals surface area contributed by atoms with E-state index in [0.29, 0.717) is 22.0 Å². The number of carbonyl (C=O) groups excluding carboxylic acids is 5. The molecule has 21 nitrogen and oxygen atoms in total. The molecule has 0 radical (unpaired) electrons. The second-order valence-corrected chi connectivity index (χ2v) is 25.1. The van der Waals surface area contributed by atoms with E-state index in [1.54, 1.807) is 106 Å². The second-order valence-electron chi connectivity index (χ2n) is 21.8. The van der Waals surface area contributed by atoms with E-state index in [2.05, 4.69) is 36.8 Å². The number of methoxy groups -OCH3 is 1. The zero-order chi connectivity index (χ0) is 62.0. The number of thiazole rings is 1. The molecule has 0 saturated carbocycles. The maximum absolute atomic E-state index is 15.1. The van der Waals surface area contributed by atoms with Gasteiger partial charge in [0.1, 0.15) is 40.6 Å². The van der Waals surface area contributed by atoms with Gasteiger partial charge >= 0.3 is 11.9 Å². The van der Waals surface area contributed by atoms with Crippen LogP contribution in [0, 0.1) is 0 Å². The Balaban J connectivity index is 0.951. The number of ether oxygens (including phenoxy) is 3. The molecule has 3 N–H and O–H groups in total. The lowest BCUT2D eigenvalue weighted by molar-refractivity contribution is -0.179. The number of hydrogen-bond donors (Lipinski definition) is 3. The minimum atomic E-state index is -1.98. The molecule has 6 aromatic carbocycles. The van der Waals surface area contributed by atoms with Crippen molar-refractivity contribution in [3.8, 4) is 5.75 Å². The van der Waals surface area contributed by atoms with E-state index in [1.165, 1.54) is 29.9 Å². The van der Waals surface area contributed by atoms with Gasteiger partial charge in [-0.3, -0.25) is 24.1 Å². The number of oxime groups is 1. The van der Waals surface area contributed by atoms with E-state index in [1.807, 2.05) is 103 Å². The van der Waals surface area contributed by atoms with Gasteiger partial charge in [-0.05, 0) is 102 Å². The summed E-state index contributed by atoms with van der Waals surface area (Å²) in [4.78, 5) is 89.0. The lowest BCUT2D eigenvalue weighted by atomic mass is 9.77. The predicted octanol–water partition coefficient (Wildman–Crippen LogP) is 8.43. The van der Waals surface area contributed by atoms with Crippen molar-refractivity contribution in [1.29, 1.82) is 0 Å². The van der Waals surface area contributed by atoms with Gasteiger partial charge in [-0.2, -0.15) is 0 Å². The number of nitrogens with one attached hydrogen (secondary N) is 3. The number of anilines is 1. The summed E-state index contributed by atoms with van der Waals surface area (Å²) in [5, 5.41) is 23.4. The molecular weight excluding hydrogens is 1180 g/mol. The van der Waals surface area contributed by atoms with Gasteiger partial charge in [0.25, 0.3) is 17.7 Å². The van der Waals surface area contributed by atoms with Crippen LogP contribution in [-0.4, -0.2) is 111 Å². The third kappa shape index (κ3) is 14.1. The Morgan fingerprint density at radius 1 is 0.795 bits per heavy atom. The summed E-state index contributed by atoms with van der Waals surface area (Å²) >= 11 is 0.224. The van der Waals surface area contributed by atoms with Crippen LogP contribution in [0.3, 0.4) is 0 Å². The summed E-state index contributed by atoms with van der Waals surface area (Å²) in [7, 11) is 1.56. The molecule has 1 unspecified atom stereocenters. The third-order valence-corrected chi connectivity index (χ3v) is 17.5. The highest BCUT2D eigenvalue weighted by Crippen LogP contribution is 2.43. The number of nitrogens with zero attached hydrogens (tertiary/aromatic N) is 7. The van der Waals surface area contributed by atoms with Gasteiger partial charge < -0.3 is 34.2 Å². The van der Waals surface area contributed by atoms with Crippen LogP contribution in [0.1, 0.15) is 79.8 Å². The summed E-state index contributed by atoms with van der Waals surface area (Å²) in [6, 6.07) is 53.2. The minimum Gasteiger partial charge on any atom is -0.614 e. The van der Waals surface area contributed by atoms with Crippen LogP contribution in [0.15, 0.2) is 203 Å². The number of amides is 3. The Bertz CT molecular complexity index is 3680. The largest absolute Gasteiger partial charge is 0.614 e. The number of thioether (sulfide) groups is 1. The van der Waals surface area contributed by atoms with Gasteiger partial charge in [-0.15, -0.1) is 16.4 Å². The number of hydrogen-bond acceptors (Lipinski definition) is 19. The van der Waals surface area contributed by atoms with Crippen molar-refractivity contribution < 1.29 is 52.4 Å². The normalized spacial score (nSPS) is 16.0. The molecule has 4 heterocycles. The Morgan fingerprint density at radius 2 is 1.36 bits per heavy atom. The number of benzene rings is 6. The SMILES string of the molecule is COc1ccc(CONC(=O)Cn2nnnc2SCC2=C(C(=O)OC(c3ccccc3)c3ccccc3)N3C(=O)[C@@H](NC(=O)C(=NOC(C)(C)C(=O)OC(C)(C)C)c4csc(NC(c5ccccc5)(c5ccccc5)c5ccccc5)n4)[C@@H]3[S+]([O-])C2)cc1. The Hall–Kier alpha value is -9.20. The highest BCUT2D eigenvalue weighted by Gasteiger charge is 2.61. The van der Waals surface area contributed by atoms with E-state index >= 15 is 9.59 Å². The summed E-state index contributed by atoms with van der Waals surface area (Å²) in [6.07, 6.45) is -0.953. The molecule has 452 valence electrons. The van der Waals surface area contributed by atoms with Crippen molar-refractivity contribution >= 4 is 74.8 Å². The smallest absolute Gasteiger partial charge is 0.356 e. The molecule has 2 aromatic heterocycles. The van der Waals surface area contributed by atoms with Crippen LogP contribution in [0.4, 0.5) is 5.13 Å². The van der Waals surface area contributed by atoms with Crippen molar-refractivity contribution in [3.63, 3.8) is 0 Å². The van der Waals surface area contributed by atoms with E-state index in [4.69, 9.17) is 28.9 Å². The maximum Gasteiger partial charge on any atom is 0.356 e. The number of fused-ring (bicyclic) bond motifs is 1. The van der Waals surface area contributed by atoms with Gasteiger partial charge in [0.05, 0.1) is 13.7 Å². The molecule has 0 spiro atoms. The van der Waals surface area contributed by atoms with Gasteiger partial charge in [-0.1, -0.05) is 181 Å². The first-order valence-electron chi connectivity index (χ1n) is 27.8. The highest BCUT2D eigenvalue weighted by atomic mass is 32.2. The third-order valence-electron chi connectivity index (χ3n) is 14.0. The molecule has 1 fully saturated rings. The zero-order valence-corrected chi connectivity index (χ0v) is 51.2. The maximum atomic E-state index is 15.1. The van der Waals surface area contributed by atoms with E-state index < -0.39 is 80.8 Å². The molecule has 88 heavy (non-hydrogen) atoms. The molecule has 8 aromatic rings. The minimum absolute atomic E-state index is 0.00119. The summed E-state index contributed by atoms with van der Waals surface area (Å²) in [5.74, 6) is -3.72. The first kappa shape index (κ1) is 61.9. The van der Waals surface area contributed by atoms with Gasteiger partial charge in [0.15, 0.2) is 23.0 Å². The van der Waals surface area contributed by atoms with Crippen molar-refractivity contribution in [2.45, 2.75) is 87.2 Å². The van der Waals surface area contributed by atoms with Crippen LogP contribution in [0.5, 0.6) is 5.75 Å². The van der Waals surface area contributed by atoms with E-state index in [9.17, 15) is 18.9 Å². The molecule has 2 aliphatic rings. The summed E-state index contributed by atoms with van der Waals surface area (Å²) < 4.78 is 33.2. The van der Waals surface area contributed by atoms with Crippen molar-refractivity contribution in [1.82, 2.24) is 40.9 Å². The quantitative estimate of drug-likeness (QED) is 0.00975. The first-order chi connectivity index (χ1) is 42.4. The van der Waals surface area contributed by atoms with Crippen molar-refractivity contribution in [2.75, 3.05) is 23.9 Å². The Labute approximate surface area is 519 Å². The fourth-order valence-electron chi connectivity index (χ4n) is 9.73. The van der Waals surface area contributed by atoms with Crippen LogP contribution in [0.25, 0.3) is 0 Å². The molecule has 0 bridgehead atoms. The molecule has 10 rings (SSSR count). The van der Waals surface area contributed by atoms with Crippen LogP contribution < -0.4 is 20.9 Å². The molecule has 24 heteroatoms. The highest BCUT2D eigenvalue weighted by molar-refractivity contribution is 7.99. The molecule has 2 aliphatic heterocycles. The lowest BCUT2D eigenvalue weighted by Crippen LogP contribution is -2.75. The number of tetrazole rings is 1. The molecular formula is C64H62N10O11S3. The van der Waals surface area contributed by atoms with Gasteiger partial charge in [0, 0.05) is 16.7 Å².